The Kier molecular flexibility index (Phi) is 2.27. The molecule has 1 atom stereocenters. The molecule has 0 aromatic heterocycles. The molecule has 11 heavy (non-hydrogen) atoms. The molecule has 0 spiro atoms. The van der Waals surface area contributed by atoms with Crippen LogP contribution in [0.4, 0.5) is 0 Å². The lowest BCUT2D eigenvalue weighted by atomic mass is 9.95. The predicted molar refractivity (Wildman–Crippen MR) is 38.9 cm³/mol. The van der Waals surface area contributed by atoms with Gasteiger partial charge < -0.3 is 4.74 Å². The van der Waals surface area contributed by atoms with Crippen molar-refractivity contribution in [3.63, 3.8) is 0 Å². The highest BCUT2D eigenvalue weighted by Gasteiger charge is 2.30. The third kappa shape index (κ3) is 1.79. The average molecular weight is 156 g/mol. The first-order valence-corrected chi connectivity index (χ1v) is 3.80. The first-order chi connectivity index (χ1) is 5.11. The summed E-state index contributed by atoms with van der Waals surface area (Å²) in [6, 6.07) is 0. The fraction of sp³-hybridized carbons (Fsp3) is 0.750. The normalized spacial score (nSPS) is 23.9. The molecule has 3 heteroatoms. The molecule has 1 saturated heterocycles. The van der Waals surface area contributed by atoms with Crippen molar-refractivity contribution in [3.8, 4) is 0 Å². The quantitative estimate of drug-likeness (QED) is 0.555. The van der Waals surface area contributed by atoms with E-state index >= 15 is 0 Å². The van der Waals surface area contributed by atoms with Gasteiger partial charge in [-0.15, -0.1) is 0 Å². The molecule has 0 radical (unpaired) electrons. The number of ketones is 1. The van der Waals surface area contributed by atoms with Crippen molar-refractivity contribution in [1.82, 2.24) is 0 Å². The average Bonchev–Trinajstić information content (AvgIpc) is 2.34. The van der Waals surface area contributed by atoms with E-state index in [2.05, 4.69) is 4.74 Å². The number of hydrogen-bond donors (Lipinski definition) is 0. The molecule has 1 aliphatic heterocycles. The molecule has 62 valence electrons. The van der Waals surface area contributed by atoms with Crippen LogP contribution in [0.5, 0.6) is 0 Å². The summed E-state index contributed by atoms with van der Waals surface area (Å²) in [5.74, 6) is -0.281. The van der Waals surface area contributed by atoms with Crippen molar-refractivity contribution in [3.05, 3.63) is 0 Å². The Hall–Kier alpha value is -0.860. The molecule has 0 aromatic carbocycles. The number of carbonyl (C=O) groups excluding carboxylic acids is 2. The van der Waals surface area contributed by atoms with Gasteiger partial charge in [0.1, 0.15) is 12.4 Å². The fourth-order valence-electron chi connectivity index (χ4n) is 1.17. The fourth-order valence-corrected chi connectivity index (χ4v) is 1.17. The first kappa shape index (κ1) is 8.24. The van der Waals surface area contributed by atoms with E-state index in [9.17, 15) is 9.59 Å². The zero-order valence-corrected chi connectivity index (χ0v) is 6.79. The van der Waals surface area contributed by atoms with Crippen molar-refractivity contribution in [2.45, 2.75) is 20.3 Å². The lowest BCUT2D eigenvalue weighted by Crippen LogP contribution is -2.19. The lowest BCUT2D eigenvalue weighted by molar-refractivity contribution is -0.137. The van der Waals surface area contributed by atoms with E-state index in [-0.39, 0.29) is 36.6 Å². The van der Waals surface area contributed by atoms with Crippen LogP contribution < -0.4 is 0 Å². The van der Waals surface area contributed by atoms with Crippen LogP contribution in [0.15, 0.2) is 0 Å². The summed E-state index contributed by atoms with van der Waals surface area (Å²) in [4.78, 5) is 21.9. The van der Waals surface area contributed by atoms with Crippen LogP contribution in [0.25, 0.3) is 0 Å². The van der Waals surface area contributed by atoms with Crippen LogP contribution in [0.2, 0.25) is 0 Å². The number of hydrogen-bond acceptors (Lipinski definition) is 3. The number of carbonyl (C=O) groups is 2. The van der Waals surface area contributed by atoms with Crippen LogP contribution in [-0.2, 0) is 14.3 Å². The summed E-state index contributed by atoms with van der Waals surface area (Å²) in [7, 11) is 0. The maximum absolute atomic E-state index is 11.3. The molecular weight excluding hydrogens is 144 g/mol. The standard InChI is InChI=1S/C8H12O3/c1-5(2)8(10)6-3-7(9)11-4-6/h5-6H,3-4H2,1-2H3/t6-/m0/s1. The number of cyclic esters (lactones) is 1. The molecule has 0 aromatic rings. The molecule has 0 amide bonds. The number of rotatable bonds is 2. The van der Waals surface area contributed by atoms with Gasteiger partial charge in [0, 0.05) is 5.92 Å². The van der Waals surface area contributed by atoms with E-state index in [1.807, 2.05) is 13.8 Å². The third-order valence-corrected chi connectivity index (χ3v) is 1.83. The molecule has 1 rings (SSSR count). The molecule has 0 unspecified atom stereocenters. The molecule has 1 heterocycles. The Bertz CT molecular complexity index is 184. The summed E-state index contributed by atoms with van der Waals surface area (Å²) < 4.78 is 4.68. The topological polar surface area (TPSA) is 43.4 Å². The summed E-state index contributed by atoms with van der Waals surface area (Å²) in [5, 5.41) is 0. The Morgan fingerprint density at radius 1 is 1.64 bits per heavy atom. The van der Waals surface area contributed by atoms with E-state index in [0.29, 0.717) is 0 Å². The molecule has 0 saturated carbocycles. The monoisotopic (exact) mass is 156 g/mol. The zero-order valence-electron chi connectivity index (χ0n) is 6.79. The van der Waals surface area contributed by atoms with Crippen molar-refractivity contribution >= 4 is 11.8 Å². The van der Waals surface area contributed by atoms with Crippen molar-refractivity contribution in [2.24, 2.45) is 11.8 Å². The molecule has 0 bridgehead atoms. The minimum Gasteiger partial charge on any atom is -0.465 e. The van der Waals surface area contributed by atoms with Gasteiger partial charge in [-0.05, 0) is 0 Å². The van der Waals surface area contributed by atoms with Gasteiger partial charge in [0.05, 0.1) is 12.3 Å². The Balaban J connectivity index is 2.50. The molecular formula is C8H12O3. The van der Waals surface area contributed by atoms with Gasteiger partial charge in [-0.3, -0.25) is 9.59 Å². The summed E-state index contributed by atoms with van der Waals surface area (Å²) >= 11 is 0. The van der Waals surface area contributed by atoms with Crippen LogP contribution in [0.1, 0.15) is 20.3 Å². The van der Waals surface area contributed by atoms with Gasteiger partial charge >= 0.3 is 5.97 Å². The SMILES string of the molecule is CC(C)C(=O)[C@@H]1COC(=O)C1. The number of esters is 1. The van der Waals surface area contributed by atoms with E-state index in [1.165, 1.54) is 0 Å². The third-order valence-electron chi connectivity index (χ3n) is 1.83. The minimum atomic E-state index is -0.246. The van der Waals surface area contributed by atoms with E-state index in [1.54, 1.807) is 0 Å². The van der Waals surface area contributed by atoms with E-state index in [4.69, 9.17) is 0 Å². The maximum Gasteiger partial charge on any atom is 0.306 e. The van der Waals surface area contributed by atoms with Gasteiger partial charge in [0.15, 0.2) is 0 Å². The van der Waals surface area contributed by atoms with Gasteiger partial charge in [-0.25, -0.2) is 0 Å². The van der Waals surface area contributed by atoms with E-state index in [0.717, 1.165) is 0 Å². The molecule has 1 fully saturated rings. The number of Topliss-reactive ketones (excluding diaryl/α,β-unsaturated/α-hetero) is 1. The zero-order chi connectivity index (χ0) is 8.43. The van der Waals surface area contributed by atoms with Gasteiger partial charge in [-0.2, -0.15) is 0 Å². The van der Waals surface area contributed by atoms with Gasteiger partial charge in [0.25, 0.3) is 0 Å². The summed E-state index contributed by atoms with van der Waals surface area (Å²) in [5.41, 5.74) is 0. The van der Waals surface area contributed by atoms with Crippen LogP contribution in [0, 0.1) is 11.8 Å². The minimum absolute atomic E-state index is 0.00880. The van der Waals surface area contributed by atoms with Crippen LogP contribution >= 0.6 is 0 Å². The summed E-state index contributed by atoms with van der Waals surface area (Å²) in [6.45, 7) is 3.96. The molecule has 0 aliphatic carbocycles. The van der Waals surface area contributed by atoms with Crippen molar-refractivity contribution < 1.29 is 14.3 Å². The summed E-state index contributed by atoms with van der Waals surface area (Å²) in [6.07, 6.45) is 0.275. The highest BCUT2D eigenvalue weighted by atomic mass is 16.5. The lowest BCUT2D eigenvalue weighted by Gasteiger charge is -2.06. The van der Waals surface area contributed by atoms with E-state index < -0.39 is 0 Å². The highest BCUT2D eigenvalue weighted by molar-refractivity contribution is 5.88. The number of ether oxygens (including phenoxy) is 1. The second-order valence-electron chi connectivity index (χ2n) is 3.14. The largest absolute Gasteiger partial charge is 0.465 e. The second-order valence-corrected chi connectivity index (χ2v) is 3.14. The van der Waals surface area contributed by atoms with Gasteiger partial charge in [-0.1, -0.05) is 13.8 Å². The van der Waals surface area contributed by atoms with Crippen molar-refractivity contribution in [1.29, 1.82) is 0 Å². The van der Waals surface area contributed by atoms with Crippen molar-refractivity contribution in [2.75, 3.05) is 6.61 Å². The predicted octanol–water partition coefficient (Wildman–Crippen LogP) is 0.775. The Morgan fingerprint density at radius 2 is 2.27 bits per heavy atom. The molecule has 1 aliphatic rings. The Labute approximate surface area is 65.7 Å². The smallest absolute Gasteiger partial charge is 0.306 e. The second kappa shape index (κ2) is 3.03. The van der Waals surface area contributed by atoms with Crippen LogP contribution in [0.3, 0.4) is 0 Å². The molecule has 3 nitrogen and oxygen atoms in total. The van der Waals surface area contributed by atoms with Gasteiger partial charge in [0.2, 0.25) is 0 Å². The maximum atomic E-state index is 11.3. The molecule has 0 N–H and O–H groups in total. The first-order valence-electron chi connectivity index (χ1n) is 3.80. The highest BCUT2D eigenvalue weighted by Crippen LogP contribution is 2.18. The van der Waals surface area contributed by atoms with Crippen LogP contribution in [-0.4, -0.2) is 18.4 Å². The Morgan fingerprint density at radius 3 is 2.64 bits per heavy atom.